The highest BCUT2D eigenvalue weighted by molar-refractivity contribution is 9.09. The number of hydrogen-bond donors (Lipinski definition) is 1. The molecule has 20 heavy (non-hydrogen) atoms. The van der Waals surface area contributed by atoms with E-state index in [1.54, 1.807) is 11.3 Å². The van der Waals surface area contributed by atoms with Gasteiger partial charge in [0.2, 0.25) is 0 Å². The second kappa shape index (κ2) is 6.18. The fourth-order valence-corrected chi connectivity index (χ4v) is 5.37. The van der Waals surface area contributed by atoms with Crippen LogP contribution in [0.15, 0.2) is 6.07 Å². The molecule has 0 atom stereocenters. The number of thiophene rings is 1. The number of carbonyl (C=O) groups excluding carboxylic acids is 1. The van der Waals surface area contributed by atoms with Crippen LogP contribution in [0.4, 0.5) is 0 Å². The van der Waals surface area contributed by atoms with Crippen molar-refractivity contribution in [3.8, 4) is 0 Å². The van der Waals surface area contributed by atoms with E-state index in [0.717, 1.165) is 23.2 Å². The number of fused-ring (bicyclic) bond motifs is 1. The first-order valence-electron chi connectivity index (χ1n) is 7.68. The lowest BCUT2D eigenvalue weighted by molar-refractivity contribution is 0.0939. The summed E-state index contributed by atoms with van der Waals surface area (Å²) in [7, 11) is 0. The molecule has 1 aromatic rings. The molecule has 110 valence electrons. The first-order valence-corrected chi connectivity index (χ1v) is 9.62. The van der Waals surface area contributed by atoms with Gasteiger partial charge in [0.25, 0.3) is 5.91 Å². The predicted molar refractivity (Wildman–Crippen MR) is 88.0 cm³/mol. The molecule has 1 aromatic heterocycles. The Morgan fingerprint density at radius 3 is 2.70 bits per heavy atom. The zero-order valence-corrected chi connectivity index (χ0v) is 14.2. The molecule has 2 aliphatic rings. The summed E-state index contributed by atoms with van der Waals surface area (Å²) in [6, 6.07) is 2.13. The molecule has 0 aliphatic heterocycles. The summed E-state index contributed by atoms with van der Waals surface area (Å²) in [4.78, 5) is 14.7. The van der Waals surface area contributed by atoms with Gasteiger partial charge in [-0.1, -0.05) is 28.8 Å². The molecule has 0 unspecified atom stereocenters. The van der Waals surface area contributed by atoms with Gasteiger partial charge in [0.15, 0.2) is 0 Å². The highest BCUT2D eigenvalue weighted by atomic mass is 79.9. The molecule has 3 rings (SSSR count). The summed E-state index contributed by atoms with van der Waals surface area (Å²) in [6.07, 6.45) is 9.95. The Morgan fingerprint density at radius 2 is 2.00 bits per heavy atom. The van der Waals surface area contributed by atoms with Crippen molar-refractivity contribution in [1.29, 1.82) is 0 Å². The molecule has 1 amide bonds. The monoisotopic (exact) mass is 355 g/mol. The Labute approximate surface area is 133 Å². The van der Waals surface area contributed by atoms with Crippen LogP contribution in [0.3, 0.4) is 0 Å². The molecule has 1 heterocycles. The number of hydrogen-bond acceptors (Lipinski definition) is 2. The normalized spacial score (nSPS) is 20.6. The molecule has 4 heteroatoms. The molecule has 1 fully saturated rings. The van der Waals surface area contributed by atoms with Gasteiger partial charge < -0.3 is 5.32 Å². The van der Waals surface area contributed by atoms with Gasteiger partial charge in [0, 0.05) is 16.8 Å². The van der Waals surface area contributed by atoms with Crippen LogP contribution >= 0.6 is 27.3 Å². The second-order valence-electron chi connectivity index (χ2n) is 6.29. The average molecular weight is 356 g/mol. The van der Waals surface area contributed by atoms with Crippen LogP contribution in [0.5, 0.6) is 0 Å². The molecule has 0 saturated heterocycles. The molecule has 1 saturated carbocycles. The van der Waals surface area contributed by atoms with Crippen molar-refractivity contribution in [1.82, 2.24) is 5.32 Å². The number of aryl methyl sites for hydroxylation is 2. The van der Waals surface area contributed by atoms with Crippen LogP contribution in [0.1, 0.15) is 58.6 Å². The van der Waals surface area contributed by atoms with Gasteiger partial charge in [-0.25, -0.2) is 0 Å². The van der Waals surface area contributed by atoms with E-state index in [-0.39, 0.29) is 5.91 Å². The standard InChI is InChI=1S/C16H22BrNOS/c17-10-16(7-3-4-8-16)11-18-15(19)14-9-12-5-1-2-6-13(12)20-14/h9H,1-8,10-11H2,(H,18,19). The third-order valence-corrected chi connectivity index (χ3v) is 7.22. The minimum atomic E-state index is 0.136. The van der Waals surface area contributed by atoms with Gasteiger partial charge in [-0.3, -0.25) is 4.79 Å². The average Bonchev–Trinajstić information content (AvgIpc) is 3.12. The summed E-state index contributed by atoms with van der Waals surface area (Å²) in [5.74, 6) is 0.136. The Balaban J connectivity index is 1.63. The zero-order valence-electron chi connectivity index (χ0n) is 11.8. The summed E-state index contributed by atoms with van der Waals surface area (Å²) in [5, 5.41) is 4.18. The summed E-state index contributed by atoms with van der Waals surface area (Å²) < 4.78 is 0. The first-order chi connectivity index (χ1) is 9.72. The number of halogens is 1. The smallest absolute Gasteiger partial charge is 0.261 e. The molecule has 0 bridgehead atoms. The van der Waals surface area contributed by atoms with Crippen molar-refractivity contribution < 1.29 is 4.79 Å². The summed E-state index contributed by atoms with van der Waals surface area (Å²) in [5.41, 5.74) is 1.72. The fraction of sp³-hybridized carbons (Fsp3) is 0.688. The summed E-state index contributed by atoms with van der Waals surface area (Å²) in [6.45, 7) is 0.819. The van der Waals surface area contributed by atoms with E-state index in [1.165, 1.54) is 55.4 Å². The Hall–Kier alpha value is -0.350. The molecular weight excluding hydrogens is 334 g/mol. The van der Waals surface area contributed by atoms with Gasteiger partial charge in [-0.05, 0) is 55.6 Å². The van der Waals surface area contributed by atoms with E-state index in [1.807, 2.05) is 0 Å². The van der Waals surface area contributed by atoms with Gasteiger partial charge in [-0.15, -0.1) is 11.3 Å². The predicted octanol–water partition coefficient (Wildman–Crippen LogP) is 4.31. The van der Waals surface area contributed by atoms with Gasteiger partial charge >= 0.3 is 0 Å². The Kier molecular flexibility index (Phi) is 4.51. The number of carbonyl (C=O) groups is 1. The van der Waals surface area contributed by atoms with Crippen LogP contribution in [0, 0.1) is 5.41 Å². The zero-order chi connectivity index (χ0) is 14.0. The third-order valence-electron chi connectivity index (χ3n) is 4.79. The van der Waals surface area contributed by atoms with E-state index in [9.17, 15) is 4.79 Å². The Morgan fingerprint density at radius 1 is 1.25 bits per heavy atom. The minimum absolute atomic E-state index is 0.136. The quantitative estimate of drug-likeness (QED) is 0.801. The molecule has 2 nitrogen and oxygen atoms in total. The second-order valence-corrected chi connectivity index (χ2v) is 7.99. The molecule has 2 aliphatic carbocycles. The van der Waals surface area contributed by atoms with E-state index in [4.69, 9.17) is 0 Å². The molecule has 1 N–H and O–H groups in total. The van der Waals surface area contributed by atoms with Crippen molar-refractivity contribution in [2.45, 2.75) is 51.4 Å². The van der Waals surface area contributed by atoms with Gasteiger partial charge in [-0.2, -0.15) is 0 Å². The topological polar surface area (TPSA) is 29.1 Å². The Bertz CT molecular complexity index is 467. The maximum absolute atomic E-state index is 12.4. The molecular formula is C16H22BrNOS. The third kappa shape index (κ3) is 2.96. The van der Waals surface area contributed by atoms with Gasteiger partial charge in [0.05, 0.1) is 4.88 Å². The maximum Gasteiger partial charge on any atom is 0.261 e. The van der Waals surface area contributed by atoms with Crippen molar-refractivity contribution in [2.24, 2.45) is 5.41 Å². The lowest BCUT2D eigenvalue weighted by Crippen LogP contribution is -2.36. The molecule has 0 spiro atoms. The minimum Gasteiger partial charge on any atom is -0.351 e. The first kappa shape index (κ1) is 14.6. The maximum atomic E-state index is 12.4. The van der Waals surface area contributed by atoms with Crippen LogP contribution in [-0.2, 0) is 12.8 Å². The highest BCUT2D eigenvalue weighted by Gasteiger charge is 2.33. The van der Waals surface area contributed by atoms with Crippen LogP contribution < -0.4 is 5.32 Å². The number of alkyl halides is 1. The molecule has 0 radical (unpaired) electrons. The fourth-order valence-electron chi connectivity index (χ4n) is 3.44. The number of nitrogens with one attached hydrogen (secondary N) is 1. The lowest BCUT2D eigenvalue weighted by Gasteiger charge is -2.26. The van der Waals surface area contributed by atoms with Crippen molar-refractivity contribution >= 4 is 33.2 Å². The van der Waals surface area contributed by atoms with Crippen LogP contribution in [0.2, 0.25) is 0 Å². The molecule has 0 aromatic carbocycles. The van der Waals surface area contributed by atoms with Crippen molar-refractivity contribution in [2.75, 3.05) is 11.9 Å². The van der Waals surface area contributed by atoms with Crippen LogP contribution in [0.25, 0.3) is 0 Å². The van der Waals surface area contributed by atoms with Crippen molar-refractivity contribution in [3.05, 3.63) is 21.4 Å². The van der Waals surface area contributed by atoms with E-state index in [0.29, 0.717) is 5.41 Å². The van der Waals surface area contributed by atoms with E-state index in [2.05, 4.69) is 27.3 Å². The number of amides is 1. The van der Waals surface area contributed by atoms with E-state index >= 15 is 0 Å². The largest absolute Gasteiger partial charge is 0.351 e. The summed E-state index contributed by atoms with van der Waals surface area (Å²) >= 11 is 5.35. The SMILES string of the molecule is O=C(NCC1(CBr)CCCC1)c1cc2c(s1)CCCC2. The van der Waals surface area contributed by atoms with E-state index < -0.39 is 0 Å². The number of rotatable bonds is 4. The van der Waals surface area contributed by atoms with Crippen LogP contribution in [-0.4, -0.2) is 17.8 Å². The highest BCUT2D eigenvalue weighted by Crippen LogP contribution is 2.39. The van der Waals surface area contributed by atoms with Crippen molar-refractivity contribution in [3.63, 3.8) is 0 Å². The van der Waals surface area contributed by atoms with Gasteiger partial charge in [0.1, 0.15) is 0 Å². The lowest BCUT2D eigenvalue weighted by atomic mass is 9.89.